The lowest BCUT2D eigenvalue weighted by Crippen LogP contribution is -2.34. The maximum atomic E-state index is 13.0. The molecule has 0 saturated carbocycles. The minimum atomic E-state index is -0.613. The Kier molecular flexibility index (Phi) is 10.1. The zero-order valence-electron chi connectivity index (χ0n) is 23.5. The SMILES string of the molecule is CCCOc1ccc(C(=O)NCC(=O)NN=Cc2c(OC(=O)c3ccc(OC)c(OC)c3)ccc3ccccc23)cc1. The predicted octanol–water partition coefficient (Wildman–Crippen LogP) is 4.75. The van der Waals surface area contributed by atoms with Crippen molar-refractivity contribution in [1.29, 1.82) is 0 Å². The molecule has 0 aliphatic carbocycles. The van der Waals surface area contributed by atoms with Crippen LogP contribution >= 0.6 is 0 Å². The first kappa shape index (κ1) is 29.6. The van der Waals surface area contributed by atoms with Crippen molar-refractivity contribution in [3.05, 3.63) is 95.6 Å². The van der Waals surface area contributed by atoms with Gasteiger partial charge in [-0.25, -0.2) is 10.2 Å². The molecule has 0 aliphatic heterocycles. The molecule has 0 heterocycles. The first-order valence-electron chi connectivity index (χ1n) is 13.2. The summed E-state index contributed by atoms with van der Waals surface area (Å²) in [6, 6.07) is 22.3. The molecule has 0 fully saturated rings. The molecular formula is C32H31N3O7. The summed E-state index contributed by atoms with van der Waals surface area (Å²) in [6.45, 7) is 2.31. The number of nitrogens with zero attached hydrogens (tertiary/aromatic N) is 1. The molecule has 0 unspecified atom stereocenters. The van der Waals surface area contributed by atoms with E-state index in [4.69, 9.17) is 18.9 Å². The van der Waals surface area contributed by atoms with Gasteiger partial charge in [0.15, 0.2) is 11.5 Å². The number of rotatable bonds is 12. The predicted molar refractivity (Wildman–Crippen MR) is 159 cm³/mol. The van der Waals surface area contributed by atoms with Gasteiger partial charge in [0.05, 0.1) is 39.1 Å². The fourth-order valence-corrected chi connectivity index (χ4v) is 4.01. The summed E-state index contributed by atoms with van der Waals surface area (Å²) in [6.07, 6.45) is 2.28. The van der Waals surface area contributed by atoms with Gasteiger partial charge in [-0.1, -0.05) is 37.3 Å². The van der Waals surface area contributed by atoms with E-state index in [0.717, 1.165) is 17.2 Å². The largest absolute Gasteiger partial charge is 0.494 e. The molecule has 0 spiro atoms. The molecular weight excluding hydrogens is 538 g/mol. The van der Waals surface area contributed by atoms with Crippen LogP contribution in [0.3, 0.4) is 0 Å². The number of amides is 2. The summed E-state index contributed by atoms with van der Waals surface area (Å²) in [5.74, 6) is 0.224. The van der Waals surface area contributed by atoms with Crippen LogP contribution in [0.15, 0.2) is 84.0 Å². The van der Waals surface area contributed by atoms with Crippen LogP contribution in [-0.2, 0) is 4.79 Å². The molecule has 0 atom stereocenters. The number of ether oxygens (including phenoxy) is 4. The normalized spacial score (nSPS) is 10.7. The Morgan fingerprint density at radius 2 is 1.55 bits per heavy atom. The van der Waals surface area contributed by atoms with E-state index in [1.807, 2.05) is 37.3 Å². The first-order chi connectivity index (χ1) is 20.4. The van der Waals surface area contributed by atoms with Crippen molar-refractivity contribution in [2.75, 3.05) is 27.4 Å². The van der Waals surface area contributed by atoms with Crippen LogP contribution in [0.25, 0.3) is 10.8 Å². The number of benzene rings is 4. The summed E-state index contributed by atoms with van der Waals surface area (Å²) >= 11 is 0. The zero-order valence-corrected chi connectivity index (χ0v) is 23.5. The lowest BCUT2D eigenvalue weighted by Gasteiger charge is -2.12. The average Bonchev–Trinajstić information content (AvgIpc) is 3.03. The number of fused-ring (bicyclic) bond motifs is 1. The molecule has 4 aromatic rings. The fraction of sp³-hybridized carbons (Fsp3) is 0.188. The van der Waals surface area contributed by atoms with Crippen molar-refractivity contribution in [1.82, 2.24) is 10.7 Å². The summed E-state index contributed by atoms with van der Waals surface area (Å²) in [7, 11) is 2.98. The second kappa shape index (κ2) is 14.3. The molecule has 0 bridgehead atoms. The highest BCUT2D eigenvalue weighted by Gasteiger charge is 2.16. The quantitative estimate of drug-likeness (QED) is 0.109. The highest BCUT2D eigenvalue weighted by atomic mass is 16.5. The maximum Gasteiger partial charge on any atom is 0.343 e. The van der Waals surface area contributed by atoms with Gasteiger partial charge >= 0.3 is 5.97 Å². The average molecular weight is 570 g/mol. The Morgan fingerprint density at radius 3 is 2.29 bits per heavy atom. The van der Waals surface area contributed by atoms with E-state index in [1.54, 1.807) is 42.5 Å². The second-order valence-corrected chi connectivity index (χ2v) is 9.01. The lowest BCUT2D eigenvalue weighted by atomic mass is 10.0. The van der Waals surface area contributed by atoms with Crippen molar-refractivity contribution in [2.45, 2.75) is 13.3 Å². The third-order valence-corrected chi connectivity index (χ3v) is 6.13. The van der Waals surface area contributed by atoms with E-state index >= 15 is 0 Å². The first-order valence-corrected chi connectivity index (χ1v) is 13.2. The standard InChI is InChI=1S/C32H31N3O7/c1-4-17-41-24-13-9-22(10-14-24)31(37)33-20-30(36)35-34-19-26-25-8-6-5-7-21(25)11-15-27(26)42-32(38)23-12-16-28(39-2)29(18-23)40-3/h5-16,18-19H,4,17,20H2,1-3H3,(H,33,37)(H,35,36). The van der Waals surface area contributed by atoms with Crippen LogP contribution < -0.4 is 29.7 Å². The summed E-state index contributed by atoms with van der Waals surface area (Å²) in [5.41, 5.74) is 3.54. The Labute approximate surface area is 243 Å². The highest BCUT2D eigenvalue weighted by Crippen LogP contribution is 2.30. The number of methoxy groups -OCH3 is 2. The van der Waals surface area contributed by atoms with Crippen LogP contribution in [0, 0.1) is 0 Å². The van der Waals surface area contributed by atoms with Gasteiger partial charge in [-0.05, 0) is 65.7 Å². The summed E-state index contributed by atoms with van der Waals surface area (Å²) in [5, 5.41) is 8.25. The third kappa shape index (κ3) is 7.42. The Balaban J connectivity index is 1.43. The van der Waals surface area contributed by atoms with Gasteiger partial charge in [-0.2, -0.15) is 5.10 Å². The van der Waals surface area contributed by atoms with Gasteiger partial charge in [0.2, 0.25) is 0 Å². The van der Waals surface area contributed by atoms with E-state index in [0.29, 0.717) is 35.0 Å². The van der Waals surface area contributed by atoms with Crippen LogP contribution in [-0.4, -0.2) is 51.4 Å². The van der Waals surface area contributed by atoms with Crippen LogP contribution in [0.4, 0.5) is 0 Å². The Morgan fingerprint density at radius 1 is 0.833 bits per heavy atom. The zero-order chi connectivity index (χ0) is 29.9. The molecule has 4 rings (SSSR count). The fourth-order valence-electron chi connectivity index (χ4n) is 4.01. The Hall–Kier alpha value is -5.38. The molecule has 10 nitrogen and oxygen atoms in total. The van der Waals surface area contributed by atoms with E-state index < -0.39 is 17.8 Å². The van der Waals surface area contributed by atoms with Crippen molar-refractivity contribution in [3.8, 4) is 23.0 Å². The molecule has 0 radical (unpaired) electrons. The molecule has 2 amide bonds. The van der Waals surface area contributed by atoms with Gasteiger partial charge in [0.1, 0.15) is 11.5 Å². The molecule has 0 saturated heterocycles. The van der Waals surface area contributed by atoms with Crippen LogP contribution in [0.1, 0.15) is 39.6 Å². The van der Waals surface area contributed by atoms with Gasteiger partial charge in [-0.3, -0.25) is 9.59 Å². The smallest absolute Gasteiger partial charge is 0.343 e. The van der Waals surface area contributed by atoms with Gasteiger partial charge in [0.25, 0.3) is 11.8 Å². The van der Waals surface area contributed by atoms with E-state index in [2.05, 4.69) is 15.8 Å². The number of nitrogens with one attached hydrogen (secondary N) is 2. The van der Waals surface area contributed by atoms with E-state index in [1.165, 1.54) is 26.5 Å². The van der Waals surface area contributed by atoms with Crippen molar-refractivity contribution in [3.63, 3.8) is 0 Å². The highest BCUT2D eigenvalue weighted by molar-refractivity contribution is 6.04. The lowest BCUT2D eigenvalue weighted by molar-refractivity contribution is -0.120. The monoisotopic (exact) mass is 569 g/mol. The van der Waals surface area contributed by atoms with Gasteiger partial charge in [-0.15, -0.1) is 0 Å². The molecule has 2 N–H and O–H groups in total. The third-order valence-electron chi connectivity index (χ3n) is 6.13. The van der Waals surface area contributed by atoms with Crippen LogP contribution in [0.5, 0.6) is 23.0 Å². The molecule has 42 heavy (non-hydrogen) atoms. The molecule has 10 heteroatoms. The number of esters is 1. The number of hydrogen-bond acceptors (Lipinski definition) is 8. The summed E-state index contributed by atoms with van der Waals surface area (Å²) < 4.78 is 21.8. The minimum Gasteiger partial charge on any atom is -0.494 e. The molecule has 0 aliphatic rings. The van der Waals surface area contributed by atoms with Crippen molar-refractivity contribution in [2.24, 2.45) is 5.10 Å². The van der Waals surface area contributed by atoms with Crippen LogP contribution in [0.2, 0.25) is 0 Å². The Bertz CT molecular complexity index is 1600. The molecule has 216 valence electrons. The summed E-state index contributed by atoms with van der Waals surface area (Å²) in [4.78, 5) is 37.8. The van der Waals surface area contributed by atoms with Gasteiger partial charge in [0, 0.05) is 11.1 Å². The number of carbonyl (C=O) groups excluding carboxylic acids is 3. The number of hydrogen-bond donors (Lipinski definition) is 2. The van der Waals surface area contributed by atoms with Crippen molar-refractivity contribution < 1.29 is 33.3 Å². The number of hydrazone groups is 1. The molecule has 4 aromatic carbocycles. The number of carbonyl (C=O) groups is 3. The van der Waals surface area contributed by atoms with E-state index in [-0.39, 0.29) is 17.9 Å². The topological polar surface area (TPSA) is 125 Å². The van der Waals surface area contributed by atoms with E-state index in [9.17, 15) is 14.4 Å². The molecule has 0 aromatic heterocycles. The minimum absolute atomic E-state index is 0.242. The maximum absolute atomic E-state index is 13.0. The van der Waals surface area contributed by atoms with Crippen molar-refractivity contribution >= 4 is 34.8 Å². The second-order valence-electron chi connectivity index (χ2n) is 9.01. The van der Waals surface area contributed by atoms with Gasteiger partial charge < -0.3 is 24.3 Å².